The fraction of sp³-hybridized carbons (Fsp3) is 1.00. The molecule has 0 radical (unpaired) electrons. The molecule has 0 heterocycles. The smallest absolute Gasteiger partial charge is 0.0619 e. The Bertz CT molecular complexity index is 82.6. The van der Waals surface area contributed by atoms with Crippen LogP contribution >= 0.6 is 0 Å². The zero-order valence-electron chi connectivity index (χ0n) is 5.42. The van der Waals surface area contributed by atoms with Gasteiger partial charge in [-0.2, -0.15) is 0 Å². The lowest BCUT2D eigenvalue weighted by Gasteiger charge is -2.00. The van der Waals surface area contributed by atoms with Crippen molar-refractivity contribution in [1.82, 2.24) is 0 Å². The van der Waals surface area contributed by atoms with E-state index in [1.165, 1.54) is 0 Å². The van der Waals surface area contributed by atoms with Crippen LogP contribution in [0.5, 0.6) is 0 Å². The molecule has 2 nitrogen and oxygen atoms in total. The van der Waals surface area contributed by atoms with Gasteiger partial charge in [-0.05, 0) is 13.3 Å². The van der Waals surface area contributed by atoms with E-state index in [4.69, 9.17) is 10.5 Å². The van der Waals surface area contributed by atoms with E-state index in [1.54, 1.807) is 7.11 Å². The van der Waals surface area contributed by atoms with E-state index in [1.807, 2.05) is 6.92 Å². The van der Waals surface area contributed by atoms with E-state index >= 15 is 0 Å². The summed E-state index contributed by atoms with van der Waals surface area (Å²) in [6.45, 7) is 2.03. The van der Waals surface area contributed by atoms with Gasteiger partial charge in [0.1, 0.15) is 0 Å². The third-order valence-corrected chi connectivity index (χ3v) is 1.76. The minimum absolute atomic E-state index is 0.319. The van der Waals surface area contributed by atoms with E-state index in [-0.39, 0.29) is 0 Å². The molecule has 0 aromatic heterocycles. The second kappa shape index (κ2) is 2.03. The number of nitrogens with two attached hydrogens (primary N) is 1. The summed E-state index contributed by atoms with van der Waals surface area (Å²) in [6, 6.07) is 0.319. The topological polar surface area (TPSA) is 35.2 Å². The summed E-state index contributed by atoms with van der Waals surface area (Å²) in [5, 5.41) is 0. The Morgan fingerprint density at radius 2 is 2.38 bits per heavy atom. The minimum atomic E-state index is 0.319. The lowest BCUT2D eigenvalue weighted by molar-refractivity contribution is 0.166. The van der Waals surface area contributed by atoms with Crippen LogP contribution in [0.2, 0.25) is 0 Å². The standard InChI is InChI=1S/C6H13NO/c1-4(7)5-3-6(5)8-2/h4-6H,3,7H2,1-2H3. The zero-order valence-corrected chi connectivity index (χ0v) is 5.42. The van der Waals surface area contributed by atoms with Gasteiger partial charge in [0.25, 0.3) is 0 Å². The van der Waals surface area contributed by atoms with E-state index in [9.17, 15) is 0 Å². The summed E-state index contributed by atoms with van der Waals surface area (Å²) in [5.74, 6) is 0.639. The second-order valence-electron chi connectivity index (χ2n) is 2.53. The first kappa shape index (κ1) is 6.05. The van der Waals surface area contributed by atoms with Gasteiger partial charge in [-0.1, -0.05) is 0 Å². The number of methoxy groups -OCH3 is 1. The van der Waals surface area contributed by atoms with Crippen molar-refractivity contribution < 1.29 is 4.74 Å². The Hall–Kier alpha value is -0.0800. The molecule has 2 heteroatoms. The van der Waals surface area contributed by atoms with Crippen LogP contribution in [0, 0.1) is 5.92 Å². The van der Waals surface area contributed by atoms with Crippen molar-refractivity contribution in [3.8, 4) is 0 Å². The molecular formula is C6H13NO. The molecule has 1 aliphatic carbocycles. The summed E-state index contributed by atoms with van der Waals surface area (Å²) in [6.07, 6.45) is 1.63. The van der Waals surface area contributed by atoms with Gasteiger partial charge < -0.3 is 10.5 Å². The number of hydrogen-bond donors (Lipinski definition) is 1. The highest BCUT2D eigenvalue weighted by Gasteiger charge is 2.39. The van der Waals surface area contributed by atoms with Gasteiger partial charge in [0.05, 0.1) is 6.10 Å². The molecule has 1 saturated carbocycles. The van der Waals surface area contributed by atoms with Gasteiger partial charge in [0.15, 0.2) is 0 Å². The van der Waals surface area contributed by atoms with Crippen LogP contribution in [0.3, 0.4) is 0 Å². The maximum Gasteiger partial charge on any atom is 0.0619 e. The lowest BCUT2D eigenvalue weighted by atomic mass is 10.2. The fourth-order valence-electron chi connectivity index (χ4n) is 1.01. The van der Waals surface area contributed by atoms with Crippen LogP contribution < -0.4 is 5.73 Å². The molecule has 3 unspecified atom stereocenters. The predicted molar refractivity (Wildman–Crippen MR) is 32.6 cm³/mol. The number of hydrogen-bond acceptors (Lipinski definition) is 2. The van der Waals surface area contributed by atoms with Crippen molar-refractivity contribution in [2.45, 2.75) is 25.5 Å². The van der Waals surface area contributed by atoms with E-state index in [0.717, 1.165) is 6.42 Å². The highest BCUT2D eigenvalue weighted by atomic mass is 16.5. The van der Waals surface area contributed by atoms with Crippen molar-refractivity contribution in [1.29, 1.82) is 0 Å². The van der Waals surface area contributed by atoms with Gasteiger partial charge in [-0.25, -0.2) is 0 Å². The Balaban J connectivity index is 2.16. The van der Waals surface area contributed by atoms with Crippen LogP contribution in [-0.2, 0) is 4.74 Å². The van der Waals surface area contributed by atoms with Crippen LogP contribution in [0.25, 0.3) is 0 Å². The highest BCUT2D eigenvalue weighted by molar-refractivity contribution is 4.92. The molecule has 0 aromatic rings. The summed E-state index contributed by atoms with van der Waals surface area (Å²) < 4.78 is 5.06. The van der Waals surface area contributed by atoms with Gasteiger partial charge >= 0.3 is 0 Å². The fourth-order valence-corrected chi connectivity index (χ4v) is 1.01. The molecular weight excluding hydrogens is 102 g/mol. The van der Waals surface area contributed by atoms with Crippen molar-refractivity contribution in [2.24, 2.45) is 11.7 Å². The number of rotatable bonds is 2. The molecule has 1 rings (SSSR count). The molecule has 0 aromatic carbocycles. The average Bonchev–Trinajstić information content (AvgIpc) is 2.42. The SMILES string of the molecule is COC1CC1C(C)N. The summed E-state index contributed by atoms with van der Waals surface area (Å²) in [5.41, 5.74) is 5.58. The van der Waals surface area contributed by atoms with Crippen molar-refractivity contribution in [2.75, 3.05) is 7.11 Å². The maximum absolute atomic E-state index is 5.58. The average molecular weight is 115 g/mol. The molecule has 0 aliphatic heterocycles. The van der Waals surface area contributed by atoms with Gasteiger partial charge in [0, 0.05) is 19.1 Å². The monoisotopic (exact) mass is 115 g/mol. The molecule has 3 atom stereocenters. The van der Waals surface area contributed by atoms with Gasteiger partial charge in [0.2, 0.25) is 0 Å². The summed E-state index contributed by atoms with van der Waals surface area (Å²) >= 11 is 0. The molecule has 0 saturated heterocycles. The van der Waals surface area contributed by atoms with Crippen molar-refractivity contribution >= 4 is 0 Å². The molecule has 48 valence electrons. The first-order valence-corrected chi connectivity index (χ1v) is 3.04. The Kier molecular flexibility index (Phi) is 1.54. The molecule has 1 fully saturated rings. The number of ether oxygens (including phenoxy) is 1. The first-order valence-electron chi connectivity index (χ1n) is 3.04. The normalized spacial score (nSPS) is 39.4. The lowest BCUT2D eigenvalue weighted by Crippen LogP contribution is -2.19. The van der Waals surface area contributed by atoms with Crippen LogP contribution in [-0.4, -0.2) is 19.3 Å². The van der Waals surface area contributed by atoms with Crippen molar-refractivity contribution in [3.05, 3.63) is 0 Å². The Morgan fingerprint density at radius 1 is 1.75 bits per heavy atom. The second-order valence-corrected chi connectivity index (χ2v) is 2.53. The quantitative estimate of drug-likeness (QED) is 0.564. The van der Waals surface area contributed by atoms with Gasteiger partial charge in [-0.15, -0.1) is 0 Å². The van der Waals surface area contributed by atoms with Crippen LogP contribution in [0.15, 0.2) is 0 Å². The van der Waals surface area contributed by atoms with E-state index in [0.29, 0.717) is 18.1 Å². The molecule has 0 bridgehead atoms. The van der Waals surface area contributed by atoms with Crippen LogP contribution in [0.1, 0.15) is 13.3 Å². The van der Waals surface area contributed by atoms with E-state index in [2.05, 4.69) is 0 Å². The van der Waals surface area contributed by atoms with Crippen LogP contribution in [0.4, 0.5) is 0 Å². The Morgan fingerprint density at radius 3 is 2.50 bits per heavy atom. The summed E-state index contributed by atoms with van der Waals surface area (Å²) in [4.78, 5) is 0. The first-order chi connectivity index (χ1) is 3.75. The molecule has 8 heavy (non-hydrogen) atoms. The molecule has 1 aliphatic rings. The largest absolute Gasteiger partial charge is 0.381 e. The molecule has 2 N–H and O–H groups in total. The van der Waals surface area contributed by atoms with E-state index < -0.39 is 0 Å². The maximum atomic E-state index is 5.58. The summed E-state index contributed by atoms with van der Waals surface area (Å²) in [7, 11) is 1.74. The minimum Gasteiger partial charge on any atom is -0.381 e. The third kappa shape index (κ3) is 1.01. The third-order valence-electron chi connectivity index (χ3n) is 1.76. The molecule has 0 amide bonds. The zero-order chi connectivity index (χ0) is 6.15. The Labute approximate surface area is 50.0 Å². The predicted octanol–water partition coefficient (Wildman–Crippen LogP) is 0.368. The van der Waals surface area contributed by atoms with Crippen molar-refractivity contribution in [3.63, 3.8) is 0 Å². The van der Waals surface area contributed by atoms with Gasteiger partial charge in [-0.3, -0.25) is 0 Å². The molecule has 0 spiro atoms. The highest BCUT2D eigenvalue weighted by Crippen LogP contribution is 2.34.